The average Bonchev–Trinajstić information content (AvgIpc) is 3.19. The molecule has 0 saturated heterocycles. The van der Waals surface area contributed by atoms with Crippen LogP contribution in [-0.2, 0) is 11.2 Å². The van der Waals surface area contributed by atoms with Gasteiger partial charge in [0.15, 0.2) is 17.3 Å². The highest BCUT2D eigenvalue weighted by atomic mass is 16.7. The van der Waals surface area contributed by atoms with Gasteiger partial charge in [-0.1, -0.05) is 5.16 Å². The van der Waals surface area contributed by atoms with Gasteiger partial charge in [-0.05, 0) is 45.3 Å². The van der Waals surface area contributed by atoms with E-state index in [-0.39, 0.29) is 19.1 Å². The molecule has 7 nitrogen and oxygen atoms in total. The molecule has 0 aliphatic carbocycles. The molecule has 1 aromatic heterocycles. The fraction of sp³-hybridized carbons (Fsp3) is 0.412. The van der Waals surface area contributed by atoms with Gasteiger partial charge in [-0.15, -0.1) is 0 Å². The number of amides is 1. The number of fused-ring (bicyclic) bond motifs is 1. The van der Waals surface area contributed by atoms with E-state index >= 15 is 0 Å². The zero-order chi connectivity index (χ0) is 16.9. The summed E-state index contributed by atoms with van der Waals surface area (Å²) in [6.45, 7) is 1.83. The Morgan fingerprint density at radius 1 is 1.25 bits per heavy atom. The molecule has 1 aliphatic heterocycles. The van der Waals surface area contributed by atoms with Gasteiger partial charge in [0, 0.05) is 18.2 Å². The molecule has 128 valence electrons. The first-order chi connectivity index (χ1) is 11.6. The molecule has 0 fully saturated rings. The van der Waals surface area contributed by atoms with E-state index in [1.807, 2.05) is 32.3 Å². The summed E-state index contributed by atoms with van der Waals surface area (Å²) in [7, 11) is 4.02. The maximum absolute atomic E-state index is 11.9. The summed E-state index contributed by atoms with van der Waals surface area (Å²) < 4.78 is 16.0. The van der Waals surface area contributed by atoms with Crippen LogP contribution in [0.1, 0.15) is 12.1 Å². The predicted octanol–water partition coefficient (Wildman–Crippen LogP) is 1.68. The minimum atomic E-state index is -0.0562. The Bertz CT molecular complexity index is 712. The van der Waals surface area contributed by atoms with Gasteiger partial charge < -0.3 is 24.2 Å². The highest BCUT2D eigenvalue weighted by molar-refractivity contribution is 5.78. The van der Waals surface area contributed by atoms with Crippen molar-refractivity contribution in [1.29, 1.82) is 0 Å². The van der Waals surface area contributed by atoms with Crippen LogP contribution in [0, 0.1) is 0 Å². The van der Waals surface area contributed by atoms with Crippen LogP contribution in [0.4, 0.5) is 0 Å². The molecule has 0 radical (unpaired) electrons. The second kappa shape index (κ2) is 7.35. The Balaban J connectivity index is 1.55. The van der Waals surface area contributed by atoms with E-state index in [0.29, 0.717) is 23.7 Å². The van der Waals surface area contributed by atoms with Crippen molar-refractivity contribution in [2.24, 2.45) is 0 Å². The number of nitrogens with zero attached hydrogens (tertiary/aromatic N) is 2. The Kier molecular flexibility index (Phi) is 5.00. The third-order valence-corrected chi connectivity index (χ3v) is 3.66. The Labute approximate surface area is 140 Å². The molecule has 1 N–H and O–H groups in total. The molecule has 1 aromatic carbocycles. The largest absolute Gasteiger partial charge is 0.454 e. The topological polar surface area (TPSA) is 76.8 Å². The van der Waals surface area contributed by atoms with E-state index in [2.05, 4.69) is 15.4 Å². The lowest BCUT2D eigenvalue weighted by Gasteiger charge is -2.09. The third kappa shape index (κ3) is 4.05. The summed E-state index contributed by atoms with van der Waals surface area (Å²) in [5.74, 6) is 1.95. The van der Waals surface area contributed by atoms with Crippen LogP contribution < -0.4 is 14.8 Å². The minimum Gasteiger partial charge on any atom is -0.454 e. The molecule has 0 spiro atoms. The first kappa shape index (κ1) is 16.3. The number of hydrogen-bond donors (Lipinski definition) is 1. The van der Waals surface area contributed by atoms with Gasteiger partial charge in [0.2, 0.25) is 12.7 Å². The van der Waals surface area contributed by atoms with Crippen molar-refractivity contribution < 1.29 is 18.8 Å². The lowest BCUT2D eigenvalue weighted by molar-refractivity contribution is -0.120. The van der Waals surface area contributed by atoms with Crippen molar-refractivity contribution in [3.63, 3.8) is 0 Å². The van der Waals surface area contributed by atoms with E-state index in [1.54, 1.807) is 6.07 Å². The van der Waals surface area contributed by atoms with Crippen LogP contribution in [0.2, 0.25) is 0 Å². The van der Waals surface area contributed by atoms with Crippen LogP contribution in [0.5, 0.6) is 11.5 Å². The van der Waals surface area contributed by atoms with E-state index in [1.165, 1.54) is 0 Å². The molecule has 1 amide bonds. The predicted molar refractivity (Wildman–Crippen MR) is 87.9 cm³/mol. The number of ether oxygens (including phenoxy) is 2. The zero-order valence-electron chi connectivity index (χ0n) is 13.9. The number of benzene rings is 1. The van der Waals surface area contributed by atoms with Crippen LogP contribution in [0.25, 0.3) is 11.3 Å². The van der Waals surface area contributed by atoms with E-state index in [0.717, 1.165) is 24.3 Å². The molecule has 0 unspecified atom stereocenters. The van der Waals surface area contributed by atoms with Gasteiger partial charge in [-0.2, -0.15) is 0 Å². The quantitative estimate of drug-likeness (QED) is 0.778. The highest BCUT2D eigenvalue weighted by Crippen LogP contribution is 2.35. The van der Waals surface area contributed by atoms with Gasteiger partial charge in [0.1, 0.15) is 0 Å². The minimum absolute atomic E-state index is 0.0562. The van der Waals surface area contributed by atoms with Gasteiger partial charge in [0.05, 0.1) is 12.1 Å². The summed E-state index contributed by atoms with van der Waals surface area (Å²) in [6, 6.07) is 7.32. The maximum atomic E-state index is 11.9. The number of carbonyl (C=O) groups is 1. The summed E-state index contributed by atoms with van der Waals surface area (Å²) in [6.07, 6.45) is 1.12. The van der Waals surface area contributed by atoms with Crippen LogP contribution >= 0.6 is 0 Å². The first-order valence-electron chi connectivity index (χ1n) is 7.89. The number of carbonyl (C=O) groups excluding carboxylic acids is 1. The molecular formula is C17H21N3O4. The van der Waals surface area contributed by atoms with Crippen molar-refractivity contribution >= 4 is 5.91 Å². The number of nitrogens with one attached hydrogen (secondary N) is 1. The van der Waals surface area contributed by atoms with Crippen molar-refractivity contribution in [1.82, 2.24) is 15.4 Å². The lowest BCUT2D eigenvalue weighted by Crippen LogP contribution is -2.28. The Hall–Kier alpha value is -2.54. The second-order valence-corrected chi connectivity index (χ2v) is 5.93. The normalized spacial score (nSPS) is 12.6. The Morgan fingerprint density at radius 3 is 2.92 bits per heavy atom. The number of hydrogen-bond acceptors (Lipinski definition) is 6. The molecule has 0 bridgehead atoms. The molecule has 2 aromatic rings. The van der Waals surface area contributed by atoms with Gasteiger partial charge in [-0.25, -0.2) is 0 Å². The van der Waals surface area contributed by atoms with Crippen LogP contribution in [0.3, 0.4) is 0 Å². The standard InChI is InChI=1S/C17H21N3O4/c1-20(2)7-3-6-18-17(21)10-13-9-15(24-19-13)12-4-5-14-16(8-12)23-11-22-14/h4-5,8-9H,3,6-7,10-11H2,1-2H3,(H,18,21). The zero-order valence-corrected chi connectivity index (χ0v) is 13.9. The number of aromatic nitrogens is 1. The Morgan fingerprint density at radius 2 is 2.08 bits per heavy atom. The van der Waals surface area contributed by atoms with Gasteiger partial charge in [0.25, 0.3) is 0 Å². The summed E-state index contributed by atoms with van der Waals surface area (Å²) in [5.41, 5.74) is 1.44. The summed E-state index contributed by atoms with van der Waals surface area (Å²) in [4.78, 5) is 14.0. The molecule has 1 aliphatic rings. The smallest absolute Gasteiger partial charge is 0.231 e. The van der Waals surface area contributed by atoms with E-state index < -0.39 is 0 Å². The number of rotatable bonds is 7. The fourth-order valence-corrected chi connectivity index (χ4v) is 2.43. The molecule has 2 heterocycles. The van der Waals surface area contributed by atoms with Crippen molar-refractivity contribution in [3.8, 4) is 22.8 Å². The summed E-state index contributed by atoms with van der Waals surface area (Å²) >= 11 is 0. The second-order valence-electron chi connectivity index (χ2n) is 5.93. The molecule has 0 saturated carbocycles. The highest BCUT2D eigenvalue weighted by Gasteiger charge is 2.16. The summed E-state index contributed by atoms with van der Waals surface area (Å²) in [5, 5.41) is 6.85. The van der Waals surface area contributed by atoms with Crippen molar-refractivity contribution in [2.45, 2.75) is 12.8 Å². The van der Waals surface area contributed by atoms with E-state index in [4.69, 9.17) is 14.0 Å². The van der Waals surface area contributed by atoms with Crippen molar-refractivity contribution in [3.05, 3.63) is 30.0 Å². The SMILES string of the molecule is CN(C)CCCNC(=O)Cc1cc(-c2ccc3c(c2)OCO3)on1. The molecular weight excluding hydrogens is 310 g/mol. The monoisotopic (exact) mass is 331 g/mol. The lowest BCUT2D eigenvalue weighted by atomic mass is 10.1. The third-order valence-electron chi connectivity index (χ3n) is 3.66. The van der Waals surface area contributed by atoms with Crippen LogP contribution in [-0.4, -0.2) is 49.9 Å². The van der Waals surface area contributed by atoms with Gasteiger partial charge in [-0.3, -0.25) is 4.79 Å². The molecule has 24 heavy (non-hydrogen) atoms. The van der Waals surface area contributed by atoms with E-state index in [9.17, 15) is 4.79 Å². The fourth-order valence-electron chi connectivity index (χ4n) is 2.43. The van der Waals surface area contributed by atoms with Crippen LogP contribution in [0.15, 0.2) is 28.8 Å². The van der Waals surface area contributed by atoms with Crippen molar-refractivity contribution in [2.75, 3.05) is 34.0 Å². The molecule has 0 atom stereocenters. The molecule has 7 heteroatoms. The first-order valence-corrected chi connectivity index (χ1v) is 7.89. The average molecular weight is 331 g/mol. The maximum Gasteiger partial charge on any atom is 0.231 e. The van der Waals surface area contributed by atoms with Gasteiger partial charge >= 0.3 is 0 Å². The molecule has 3 rings (SSSR count).